The zero-order valence-electron chi connectivity index (χ0n) is 13.8. The molecule has 1 heterocycles. The minimum Gasteiger partial charge on any atom is -0.447 e. The number of nitrogens with one attached hydrogen (secondary N) is 2. The second kappa shape index (κ2) is 7.64. The van der Waals surface area contributed by atoms with E-state index < -0.39 is 11.0 Å². The molecule has 1 atom stereocenters. The Hall–Kier alpha value is -3.42. The first-order valence-corrected chi connectivity index (χ1v) is 8.05. The number of benzene rings is 2. The van der Waals surface area contributed by atoms with Gasteiger partial charge in [0.05, 0.1) is 17.4 Å². The van der Waals surface area contributed by atoms with E-state index >= 15 is 0 Å². The van der Waals surface area contributed by atoms with E-state index in [-0.39, 0.29) is 24.1 Å². The molecule has 2 N–H and O–H groups in total. The average molecular weight is 355 g/mol. The fourth-order valence-corrected chi connectivity index (χ4v) is 2.67. The molecule has 1 aliphatic rings. The molecule has 2 aromatic carbocycles. The summed E-state index contributed by atoms with van der Waals surface area (Å²) in [5.74, 6) is -0.206. The Labute approximate surface area is 149 Å². The Bertz CT molecular complexity index is 818. The third-order valence-corrected chi connectivity index (χ3v) is 3.97. The Morgan fingerprint density at radius 3 is 2.38 bits per heavy atom. The van der Waals surface area contributed by atoms with Crippen molar-refractivity contribution in [2.45, 2.75) is 18.9 Å². The second-order valence-electron chi connectivity index (χ2n) is 5.99. The van der Waals surface area contributed by atoms with E-state index in [1.807, 2.05) is 12.1 Å². The number of nitro groups is 1. The maximum Gasteiger partial charge on any atom is 0.407 e. The normalized spacial score (nSPS) is 15.8. The Morgan fingerprint density at radius 2 is 1.81 bits per heavy atom. The van der Waals surface area contributed by atoms with Crippen LogP contribution < -0.4 is 10.6 Å². The quantitative estimate of drug-likeness (QED) is 0.611. The number of nitro benzene ring substituents is 1. The summed E-state index contributed by atoms with van der Waals surface area (Å²) in [6.45, 7) is 0.354. The molecule has 0 saturated carbocycles. The molecule has 0 radical (unpaired) electrons. The number of nitrogens with zero attached hydrogens (tertiary/aromatic N) is 1. The molecule has 1 saturated heterocycles. The molecule has 8 heteroatoms. The van der Waals surface area contributed by atoms with Crippen LogP contribution in [0.4, 0.5) is 16.2 Å². The van der Waals surface area contributed by atoms with Gasteiger partial charge in [0.2, 0.25) is 5.91 Å². The van der Waals surface area contributed by atoms with Crippen LogP contribution in [0.15, 0.2) is 48.5 Å². The van der Waals surface area contributed by atoms with Crippen LogP contribution in [0.2, 0.25) is 0 Å². The van der Waals surface area contributed by atoms with Gasteiger partial charge in [-0.1, -0.05) is 24.3 Å². The number of anilines is 1. The van der Waals surface area contributed by atoms with Gasteiger partial charge in [-0.2, -0.15) is 0 Å². The van der Waals surface area contributed by atoms with Gasteiger partial charge in [-0.05, 0) is 29.7 Å². The fraction of sp³-hybridized carbons (Fsp3) is 0.222. The summed E-state index contributed by atoms with van der Waals surface area (Å²) in [6, 6.07) is 13.2. The number of alkyl carbamates (subject to hydrolysis) is 1. The molecule has 1 fully saturated rings. The molecular weight excluding hydrogens is 338 g/mol. The molecule has 26 heavy (non-hydrogen) atoms. The first-order chi connectivity index (χ1) is 12.5. The van der Waals surface area contributed by atoms with Gasteiger partial charge in [0.25, 0.3) is 5.69 Å². The van der Waals surface area contributed by atoms with Crippen molar-refractivity contribution in [1.29, 1.82) is 0 Å². The summed E-state index contributed by atoms with van der Waals surface area (Å²) in [5, 5.41) is 16.1. The van der Waals surface area contributed by atoms with Gasteiger partial charge < -0.3 is 15.4 Å². The number of carbonyl (C=O) groups is 2. The van der Waals surface area contributed by atoms with Crippen molar-refractivity contribution in [3.05, 3.63) is 69.8 Å². The summed E-state index contributed by atoms with van der Waals surface area (Å²) in [7, 11) is 0. The van der Waals surface area contributed by atoms with Crippen LogP contribution in [0.5, 0.6) is 0 Å². The summed E-state index contributed by atoms with van der Waals surface area (Å²) >= 11 is 0. The second-order valence-corrected chi connectivity index (χ2v) is 5.99. The largest absolute Gasteiger partial charge is 0.447 e. The third-order valence-electron chi connectivity index (χ3n) is 3.97. The minimum atomic E-state index is -0.478. The van der Waals surface area contributed by atoms with Crippen LogP contribution >= 0.6 is 0 Å². The Balaban J connectivity index is 1.52. The molecule has 2 aromatic rings. The van der Waals surface area contributed by atoms with E-state index in [0.717, 1.165) is 5.56 Å². The molecule has 1 aliphatic heterocycles. The summed E-state index contributed by atoms with van der Waals surface area (Å²) in [5.41, 5.74) is 2.37. The van der Waals surface area contributed by atoms with E-state index in [9.17, 15) is 19.7 Å². The molecule has 8 nitrogen and oxygen atoms in total. The monoisotopic (exact) mass is 355 g/mol. The van der Waals surface area contributed by atoms with Crippen molar-refractivity contribution in [1.82, 2.24) is 5.32 Å². The number of cyclic esters (lactones) is 1. The van der Waals surface area contributed by atoms with E-state index in [4.69, 9.17) is 4.74 Å². The van der Waals surface area contributed by atoms with Gasteiger partial charge in [-0.25, -0.2) is 4.79 Å². The number of non-ortho nitro benzene ring substituents is 1. The zero-order chi connectivity index (χ0) is 18.5. The first-order valence-electron chi connectivity index (χ1n) is 8.05. The van der Waals surface area contributed by atoms with Crippen molar-refractivity contribution in [2.75, 3.05) is 11.9 Å². The van der Waals surface area contributed by atoms with Crippen molar-refractivity contribution in [3.63, 3.8) is 0 Å². The first kappa shape index (κ1) is 17.4. The molecule has 0 bridgehead atoms. The molecule has 0 aliphatic carbocycles. The topological polar surface area (TPSA) is 111 Å². The highest BCUT2D eigenvalue weighted by molar-refractivity contribution is 5.92. The SMILES string of the molecule is O=C(Cc1ccc([N+](=O)[O-])cc1)Nc1ccc(C[C@H]2COC(=O)N2)cc1. The van der Waals surface area contributed by atoms with Gasteiger partial charge in [-0.3, -0.25) is 14.9 Å². The molecule has 134 valence electrons. The average Bonchev–Trinajstić information content (AvgIpc) is 3.02. The van der Waals surface area contributed by atoms with Gasteiger partial charge in [0.1, 0.15) is 6.61 Å². The lowest BCUT2D eigenvalue weighted by molar-refractivity contribution is -0.384. The highest BCUT2D eigenvalue weighted by Gasteiger charge is 2.22. The predicted octanol–water partition coefficient (Wildman–Crippen LogP) is 2.43. The van der Waals surface area contributed by atoms with Crippen LogP contribution in [-0.4, -0.2) is 29.6 Å². The maximum absolute atomic E-state index is 12.1. The lowest BCUT2D eigenvalue weighted by atomic mass is 10.1. The van der Waals surface area contributed by atoms with Crippen molar-refractivity contribution >= 4 is 23.4 Å². The zero-order valence-corrected chi connectivity index (χ0v) is 13.8. The summed E-state index contributed by atoms with van der Waals surface area (Å²) < 4.78 is 4.85. The molecule has 0 aromatic heterocycles. The number of carbonyl (C=O) groups excluding carboxylic acids is 2. The van der Waals surface area contributed by atoms with Gasteiger partial charge >= 0.3 is 6.09 Å². The van der Waals surface area contributed by atoms with Crippen LogP contribution in [0.25, 0.3) is 0 Å². The number of rotatable bonds is 6. The van der Waals surface area contributed by atoms with Gasteiger partial charge in [0, 0.05) is 17.8 Å². The highest BCUT2D eigenvalue weighted by atomic mass is 16.6. The van der Waals surface area contributed by atoms with E-state index in [1.165, 1.54) is 12.1 Å². The third kappa shape index (κ3) is 4.56. The molecule has 0 unspecified atom stereocenters. The van der Waals surface area contributed by atoms with E-state index in [0.29, 0.717) is 24.3 Å². The van der Waals surface area contributed by atoms with E-state index in [1.54, 1.807) is 24.3 Å². The van der Waals surface area contributed by atoms with Crippen LogP contribution in [0.3, 0.4) is 0 Å². The maximum atomic E-state index is 12.1. The standard InChI is InChI=1S/C18H17N3O5/c22-17(10-13-3-7-16(8-4-13)21(24)25)19-14-5-1-12(2-6-14)9-15-11-26-18(23)20-15/h1-8,15H,9-11H2,(H,19,22)(H,20,23)/t15-/m0/s1. The Morgan fingerprint density at radius 1 is 1.15 bits per heavy atom. The molecule has 2 amide bonds. The van der Waals surface area contributed by atoms with Gasteiger partial charge in [0.15, 0.2) is 0 Å². The van der Waals surface area contributed by atoms with Crippen molar-refractivity contribution in [3.8, 4) is 0 Å². The predicted molar refractivity (Wildman–Crippen MR) is 93.8 cm³/mol. The summed E-state index contributed by atoms with van der Waals surface area (Å²) in [6.07, 6.45) is 0.388. The summed E-state index contributed by atoms with van der Waals surface area (Å²) in [4.78, 5) is 33.2. The van der Waals surface area contributed by atoms with E-state index in [2.05, 4.69) is 10.6 Å². The number of amides is 2. The number of ether oxygens (including phenoxy) is 1. The molecule has 3 rings (SSSR count). The van der Waals surface area contributed by atoms with Crippen LogP contribution in [-0.2, 0) is 22.4 Å². The minimum absolute atomic E-state index is 0.00593. The molecular formula is C18H17N3O5. The Kier molecular flexibility index (Phi) is 5.12. The van der Waals surface area contributed by atoms with Crippen LogP contribution in [0.1, 0.15) is 11.1 Å². The molecule has 0 spiro atoms. The number of hydrogen-bond acceptors (Lipinski definition) is 5. The lowest BCUT2D eigenvalue weighted by Crippen LogP contribution is -2.28. The van der Waals surface area contributed by atoms with Gasteiger partial charge in [-0.15, -0.1) is 0 Å². The highest BCUT2D eigenvalue weighted by Crippen LogP contribution is 2.15. The van der Waals surface area contributed by atoms with Crippen LogP contribution in [0, 0.1) is 10.1 Å². The van der Waals surface area contributed by atoms with Crippen molar-refractivity contribution < 1.29 is 19.2 Å². The lowest BCUT2D eigenvalue weighted by Gasteiger charge is -2.09. The number of hydrogen-bond donors (Lipinski definition) is 2. The smallest absolute Gasteiger partial charge is 0.407 e. The van der Waals surface area contributed by atoms with Crippen molar-refractivity contribution in [2.24, 2.45) is 0 Å². The fourth-order valence-electron chi connectivity index (χ4n) is 2.67.